The van der Waals surface area contributed by atoms with Crippen molar-refractivity contribution >= 4 is 5.97 Å². The van der Waals surface area contributed by atoms with Crippen molar-refractivity contribution in [1.82, 2.24) is 0 Å². The highest BCUT2D eigenvalue weighted by atomic mass is 16.5. The van der Waals surface area contributed by atoms with Crippen LogP contribution in [0.5, 0.6) is 0 Å². The fourth-order valence-corrected chi connectivity index (χ4v) is 4.63. The standard InChI is InChI=1S/C30H39NO2/c1-4-6-7-8-9-23-10-12-24(13-11-23)25-14-16-26(17-15-25)27-18-20-28(21-19-27)33-29(32)30(3,5-2)22-31/h10-17,27-28H,4-9,18-21H2,1-3H3. The Balaban J connectivity index is 1.51. The van der Waals surface area contributed by atoms with Crippen LogP contribution in [0.3, 0.4) is 0 Å². The van der Waals surface area contributed by atoms with Gasteiger partial charge in [-0.2, -0.15) is 5.26 Å². The molecule has 1 unspecified atom stereocenters. The Bertz CT molecular complexity index is 917. The summed E-state index contributed by atoms with van der Waals surface area (Å²) in [5, 5.41) is 9.30. The van der Waals surface area contributed by atoms with Crippen LogP contribution in [0.25, 0.3) is 11.1 Å². The van der Waals surface area contributed by atoms with Crippen LogP contribution >= 0.6 is 0 Å². The van der Waals surface area contributed by atoms with E-state index >= 15 is 0 Å². The molecule has 3 heteroatoms. The number of rotatable bonds is 10. The average Bonchev–Trinajstić information content (AvgIpc) is 2.87. The molecule has 2 aromatic rings. The Hall–Kier alpha value is -2.60. The van der Waals surface area contributed by atoms with Gasteiger partial charge in [-0.25, -0.2) is 0 Å². The number of carbonyl (C=O) groups is 1. The van der Waals surface area contributed by atoms with Crippen molar-refractivity contribution in [3.05, 3.63) is 59.7 Å². The maximum Gasteiger partial charge on any atom is 0.326 e. The van der Waals surface area contributed by atoms with Crippen molar-refractivity contribution in [3.63, 3.8) is 0 Å². The summed E-state index contributed by atoms with van der Waals surface area (Å²) in [7, 11) is 0. The Kier molecular flexibility index (Phi) is 9.12. The van der Waals surface area contributed by atoms with E-state index in [0.29, 0.717) is 12.3 Å². The molecule has 0 bridgehead atoms. The van der Waals surface area contributed by atoms with E-state index in [1.807, 2.05) is 6.92 Å². The number of benzene rings is 2. The second-order valence-corrected chi connectivity index (χ2v) is 9.81. The van der Waals surface area contributed by atoms with Gasteiger partial charge in [0.2, 0.25) is 0 Å². The van der Waals surface area contributed by atoms with Gasteiger partial charge in [0.05, 0.1) is 6.07 Å². The summed E-state index contributed by atoms with van der Waals surface area (Å²) in [6, 6.07) is 20.1. The van der Waals surface area contributed by atoms with Gasteiger partial charge in [-0.3, -0.25) is 4.79 Å². The van der Waals surface area contributed by atoms with Crippen molar-refractivity contribution in [2.45, 2.75) is 97.0 Å². The van der Waals surface area contributed by atoms with Crippen LogP contribution in [0.2, 0.25) is 0 Å². The Morgan fingerprint density at radius 2 is 1.55 bits per heavy atom. The molecule has 2 aromatic carbocycles. The number of nitriles is 1. The van der Waals surface area contributed by atoms with Crippen LogP contribution in [-0.2, 0) is 16.0 Å². The highest BCUT2D eigenvalue weighted by Gasteiger charge is 2.35. The van der Waals surface area contributed by atoms with Crippen LogP contribution in [-0.4, -0.2) is 12.1 Å². The summed E-state index contributed by atoms with van der Waals surface area (Å²) < 4.78 is 5.68. The zero-order valence-corrected chi connectivity index (χ0v) is 20.6. The second kappa shape index (κ2) is 12.0. The lowest BCUT2D eigenvalue weighted by Gasteiger charge is -2.30. The minimum atomic E-state index is -1.03. The van der Waals surface area contributed by atoms with Gasteiger partial charge in [-0.15, -0.1) is 0 Å². The third-order valence-corrected chi connectivity index (χ3v) is 7.34. The predicted octanol–water partition coefficient (Wildman–Crippen LogP) is 7.99. The first kappa shape index (κ1) is 25.0. The van der Waals surface area contributed by atoms with Crippen LogP contribution in [0, 0.1) is 16.7 Å². The first-order chi connectivity index (χ1) is 16.0. The molecule has 0 amide bonds. The third kappa shape index (κ3) is 6.70. The van der Waals surface area contributed by atoms with Gasteiger partial charge in [0, 0.05) is 0 Å². The largest absolute Gasteiger partial charge is 0.461 e. The maximum absolute atomic E-state index is 12.4. The molecule has 1 atom stereocenters. The van der Waals surface area contributed by atoms with Crippen molar-refractivity contribution in [2.24, 2.45) is 5.41 Å². The van der Waals surface area contributed by atoms with Crippen LogP contribution in [0.15, 0.2) is 48.5 Å². The monoisotopic (exact) mass is 445 g/mol. The lowest BCUT2D eigenvalue weighted by atomic mass is 9.82. The number of esters is 1. The van der Waals surface area contributed by atoms with Crippen molar-refractivity contribution < 1.29 is 9.53 Å². The van der Waals surface area contributed by atoms with Gasteiger partial charge in [0.1, 0.15) is 6.10 Å². The molecule has 33 heavy (non-hydrogen) atoms. The molecule has 0 aliphatic heterocycles. The molecule has 3 nitrogen and oxygen atoms in total. The molecular formula is C30H39NO2. The second-order valence-electron chi connectivity index (χ2n) is 9.81. The summed E-state index contributed by atoms with van der Waals surface area (Å²) in [6.07, 6.45) is 10.6. The Morgan fingerprint density at radius 3 is 2.09 bits per heavy atom. The van der Waals surface area contributed by atoms with E-state index in [4.69, 9.17) is 4.74 Å². The predicted molar refractivity (Wildman–Crippen MR) is 135 cm³/mol. The van der Waals surface area contributed by atoms with Gasteiger partial charge in [0.15, 0.2) is 5.41 Å². The van der Waals surface area contributed by atoms with Crippen molar-refractivity contribution in [1.29, 1.82) is 5.26 Å². The number of ether oxygens (including phenoxy) is 1. The van der Waals surface area contributed by atoms with Crippen molar-refractivity contribution in [3.8, 4) is 17.2 Å². The molecule has 1 aliphatic carbocycles. The average molecular weight is 446 g/mol. The molecule has 1 saturated carbocycles. The summed E-state index contributed by atoms with van der Waals surface area (Å²) in [6.45, 7) is 5.78. The lowest BCUT2D eigenvalue weighted by Crippen LogP contribution is -2.33. The molecule has 176 valence electrons. The van der Waals surface area contributed by atoms with Crippen LogP contribution in [0.1, 0.15) is 95.6 Å². The van der Waals surface area contributed by atoms with Crippen molar-refractivity contribution in [2.75, 3.05) is 0 Å². The molecule has 0 radical (unpaired) electrons. The number of hydrogen-bond donors (Lipinski definition) is 0. The minimum Gasteiger partial charge on any atom is -0.461 e. The van der Waals surface area contributed by atoms with E-state index in [-0.39, 0.29) is 12.1 Å². The molecule has 1 aliphatic rings. The van der Waals surface area contributed by atoms with E-state index in [1.54, 1.807) is 6.92 Å². The molecular weight excluding hydrogens is 406 g/mol. The highest BCUT2D eigenvalue weighted by Crippen LogP contribution is 2.36. The van der Waals surface area contributed by atoms with Gasteiger partial charge in [-0.05, 0) is 80.0 Å². The van der Waals surface area contributed by atoms with Gasteiger partial charge in [-0.1, -0.05) is 81.6 Å². The fraction of sp³-hybridized carbons (Fsp3) is 0.533. The summed E-state index contributed by atoms with van der Waals surface area (Å²) in [5.41, 5.74) is 4.30. The highest BCUT2D eigenvalue weighted by molar-refractivity contribution is 5.79. The molecule has 0 spiro atoms. The number of carbonyl (C=O) groups excluding carboxylic acids is 1. The van der Waals surface area contributed by atoms with Crippen LogP contribution in [0.4, 0.5) is 0 Å². The molecule has 0 saturated heterocycles. The first-order valence-corrected chi connectivity index (χ1v) is 12.8. The number of aryl methyl sites for hydroxylation is 1. The van der Waals surface area contributed by atoms with Crippen LogP contribution < -0.4 is 0 Å². The quantitative estimate of drug-likeness (QED) is 0.275. The Labute approximate surface area is 200 Å². The normalized spacial score (nSPS) is 19.9. The number of hydrogen-bond acceptors (Lipinski definition) is 3. The first-order valence-electron chi connectivity index (χ1n) is 12.8. The van der Waals surface area contributed by atoms with E-state index < -0.39 is 5.41 Å². The number of unbranched alkanes of at least 4 members (excludes halogenated alkanes) is 3. The topological polar surface area (TPSA) is 50.1 Å². The molecule has 0 heterocycles. The van der Waals surface area contributed by atoms with E-state index in [2.05, 4.69) is 61.5 Å². The summed E-state index contributed by atoms with van der Waals surface area (Å²) in [5.74, 6) is 0.139. The van der Waals surface area contributed by atoms with Gasteiger partial charge < -0.3 is 4.74 Å². The maximum atomic E-state index is 12.4. The Morgan fingerprint density at radius 1 is 0.939 bits per heavy atom. The van der Waals surface area contributed by atoms with E-state index in [1.165, 1.54) is 54.4 Å². The zero-order valence-electron chi connectivity index (χ0n) is 20.6. The molecule has 0 N–H and O–H groups in total. The van der Waals surface area contributed by atoms with Gasteiger partial charge >= 0.3 is 5.97 Å². The minimum absolute atomic E-state index is 0.0623. The zero-order chi connectivity index (χ0) is 23.7. The lowest BCUT2D eigenvalue weighted by molar-refractivity contribution is -0.159. The van der Waals surface area contributed by atoms with Gasteiger partial charge in [0.25, 0.3) is 0 Å². The smallest absolute Gasteiger partial charge is 0.326 e. The number of nitrogens with zero attached hydrogens (tertiary/aromatic N) is 1. The fourth-order valence-electron chi connectivity index (χ4n) is 4.63. The van der Waals surface area contributed by atoms with E-state index in [9.17, 15) is 10.1 Å². The molecule has 0 aromatic heterocycles. The summed E-state index contributed by atoms with van der Waals surface area (Å²) in [4.78, 5) is 12.4. The van der Waals surface area contributed by atoms with E-state index in [0.717, 1.165) is 25.7 Å². The molecule has 1 fully saturated rings. The summed E-state index contributed by atoms with van der Waals surface area (Å²) >= 11 is 0. The molecule has 3 rings (SSSR count). The third-order valence-electron chi connectivity index (χ3n) is 7.34. The SMILES string of the molecule is CCCCCCc1ccc(-c2ccc(C3CCC(OC(=O)C(C)(C#N)CC)CC3)cc2)cc1.